The van der Waals surface area contributed by atoms with Gasteiger partial charge in [0.05, 0.1) is 11.3 Å². The van der Waals surface area contributed by atoms with Crippen LogP contribution in [-0.4, -0.2) is 21.2 Å². The number of nitrogens with zero attached hydrogens (tertiary/aromatic N) is 3. The Morgan fingerprint density at radius 3 is 2.92 bits per heavy atom. The summed E-state index contributed by atoms with van der Waals surface area (Å²) in [4.78, 5) is 17.8. The van der Waals surface area contributed by atoms with E-state index in [0.29, 0.717) is 16.5 Å². The second-order valence-corrected chi connectivity index (χ2v) is 9.83. The van der Waals surface area contributed by atoms with Crippen molar-refractivity contribution in [1.82, 2.24) is 9.55 Å². The van der Waals surface area contributed by atoms with Gasteiger partial charge in [-0.05, 0) is 36.2 Å². The third-order valence-corrected chi connectivity index (χ3v) is 7.19. The standard InChI is InChI=1S/C19H24N4OS2/c1-19(2,3)12-5-6-13-14(10-20)17(26-15(13)9-12)22-16(24)11-25-18-21-7-8-23(18)4/h7-8,12H,5-6,9,11H2,1-4H3,(H,22,24). The van der Waals surface area contributed by atoms with E-state index in [1.54, 1.807) is 17.5 Å². The second-order valence-electron chi connectivity index (χ2n) is 7.78. The molecule has 1 amide bonds. The number of hydrogen-bond donors (Lipinski definition) is 1. The molecule has 0 spiro atoms. The van der Waals surface area contributed by atoms with E-state index in [1.807, 2.05) is 17.8 Å². The number of thiophene rings is 1. The number of nitrogens with one attached hydrogen (secondary N) is 1. The summed E-state index contributed by atoms with van der Waals surface area (Å²) in [7, 11) is 1.90. The van der Waals surface area contributed by atoms with Crippen molar-refractivity contribution in [3.8, 4) is 6.07 Å². The monoisotopic (exact) mass is 388 g/mol. The first-order valence-corrected chi connectivity index (χ1v) is 10.5. The first kappa shape index (κ1) is 19.0. The van der Waals surface area contributed by atoms with Crippen LogP contribution in [0, 0.1) is 22.7 Å². The molecule has 2 aromatic heterocycles. The van der Waals surface area contributed by atoms with E-state index < -0.39 is 0 Å². The Balaban J connectivity index is 1.71. The third kappa shape index (κ3) is 3.97. The molecule has 1 atom stereocenters. The average Bonchev–Trinajstić information content (AvgIpc) is 3.13. The molecule has 2 heterocycles. The zero-order valence-corrected chi connectivity index (χ0v) is 17.3. The SMILES string of the molecule is Cn1ccnc1SCC(=O)Nc1sc2c(c1C#N)CCC(C(C)(C)C)C2. The minimum Gasteiger partial charge on any atom is -0.329 e. The van der Waals surface area contributed by atoms with Crippen LogP contribution in [0.3, 0.4) is 0 Å². The maximum atomic E-state index is 12.4. The van der Waals surface area contributed by atoms with E-state index in [4.69, 9.17) is 0 Å². The van der Waals surface area contributed by atoms with Crippen molar-refractivity contribution in [2.45, 2.75) is 45.2 Å². The Labute approximate surface area is 162 Å². The number of fused-ring (bicyclic) bond motifs is 1. The molecule has 1 N–H and O–H groups in total. The zero-order chi connectivity index (χ0) is 18.9. The largest absolute Gasteiger partial charge is 0.329 e. The van der Waals surface area contributed by atoms with Crippen LogP contribution in [0.25, 0.3) is 0 Å². The maximum absolute atomic E-state index is 12.4. The number of amides is 1. The molecule has 0 fully saturated rings. The fraction of sp³-hybridized carbons (Fsp3) is 0.526. The summed E-state index contributed by atoms with van der Waals surface area (Å²) in [5.74, 6) is 0.797. The van der Waals surface area contributed by atoms with Gasteiger partial charge in [0.2, 0.25) is 5.91 Å². The van der Waals surface area contributed by atoms with Crippen LogP contribution >= 0.6 is 23.1 Å². The first-order valence-electron chi connectivity index (χ1n) is 8.74. The highest BCUT2D eigenvalue weighted by atomic mass is 32.2. The van der Waals surface area contributed by atoms with E-state index in [1.165, 1.54) is 16.6 Å². The van der Waals surface area contributed by atoms with Gasteiger partial charge in [0, 0.05) is 24.3 Å². The topological polar surface area (TPSA) is 70.7 Å². The summed E-state index contributed by atoms with van der Waals surface area (Å²) in [6.07, 6.45) is 6.59. The molecule has 138 valence electrons. The number of imidazole rings is 1. The molecule has 0 radical (unpaired) electrons. The van der Waals surface area contributed by atoms with Crippen LogP contribution in [0.4, 0.5) is 5.00 Å². The lowest BCUT2D eigenvalue weighted by Crippen LogP contribution is -2.26. The van der Waals surface area contributed by atoms with Gasteiger partial charge in [-0.1, -0.05) is 32.5 Å². The summed E-state index contributed by atoms with van der Waals surface area (Å²) in [6, 6.07) is 2.31. The summed E-state index contributed by atoms with van der Waals surface area (Å²) < 4.78 is 1.88. The summed E-state index contributed by atoms with van der Waals surface area (Å²) >= 11 is 2.97. The van der Waals surface area contributed by atoms with Gasteiger partial charge in [-0.25, -0.2) is 4.98 Å². The van der Waals surface area contributed by atoms with Crippen molar-refractivity contribution in [1.29, 1.82) is 5.26 Å². The van der Waals surface area contributed by atoms with Crippen LogP contribution in [0.1, 0.15) is 43.2 Å². The minimum atomic E-state index is -0.0968. The van der Waals surface area contributed by atoms with E-state index >= 15 is 0 Å². The van der Waals surface area contributed by atoms with Gasteiger partial charge in [-0.2, -0.15) is 5.26 Å². The van der Waals surface area contributed by atoms with Crippen LogP contribution in [0.2, 0.25) is 0 Å². The predicted molar refractivity (Wildman–Crippen MR) is 107 cm³/mol. The van der Waals surface area contributed by atoms with Crippen LogP contribution < -0.4 is 5.32 Å². The highest BCUT2D eigenvalue weighted by Gasteiger charge is 2.32. The number of hydrogen-bond acceptors (Lipinski definition) is 5. The average molecular weight is 389 g/mol. The molecule has 1 aliphatic rings. The first-order chi connectivity index (χ1) is 12.3. The van der Waals surface area contributed by atoms with Gasteiger partial charge in [0.25, 0.3) is 0 Å². The van der Waals surface area contributed by atoms with Gasteiger partial charge in [-0.15, -0.1) is 11.3 Å². The highest BCUT2D eigenvalue weighted by molar-refractivity contribution is 7.99. The molecule has 0 aliphatic heterocycles. The molecular weight excluding hydrogens is 364 g/mol. The van der Waals surface area contributed by atoms with Crippen molar-refractivity contribution in [2.24, 2.45) is 18.4 Å². The maximum Gasteiger partial charge on any atom is 0.235 e. The fourth-order valence-corrected chi connectivity index (χ4v) is 5.34. The molecule has 1 unspecified atom stereocenters. The Hall–Kier alpha value is -1.78. The van der Waals surface area contributed by atoms with Crippen molar-refractivity contribution in [3.63, 3.8) is 0 Å². The van der Waals surface area contributed by atoms with Gasteiger partial charge in [-0.3, -0.25) is 4.79 Å². The lowest BCUT2D eigenvalue weighted by atomic mass is 9.72. The summed E-state index contributed by atoms with van der Waals surface area (Å²) in [5.41, 5.74) is 2.06. The number of rotatable bonds is 4. The van der Waals surface area contributed by atoms with E-state index in [-0.39, 0.29) is 17.1 Å². The number of anilines is 1. The number of thioether (sulfide) groups is 1. The lowest BCUT2D eigenvalue weighted by molar-refractivity contribution is -0.113. The Morgan fingerprint density at radius 2 is 2.31 bits per heavy atom. The summed E-state index contributed by atoms with van der Waals surface area (Å²) in [6.45, 7) is 6.83. The smallest absolute Gasteiger partial charge is 0.235 e. The Kier molecular flexibility index (Phi) is 5.44. The molecule has 0 saturated heterocycles. The summed E-state index contributed by atoms with van der Waals surface area (Å²) in [5, 5.41) is 14.1. The van der Waals surface area contributed by atoms with E-state index in [0.717, 1.165) is 30.0 Å². The number of nitriles is 1. The zero-order valence-electron chi connectivity index (χ0n) is 15.6. The van der Waals surface area contributed by atoms with Crippen molar-refractivity contribution in [2.75, 3.05) is 11.1 Å². The molecule has 0 saturated carbocycles. The molecule has 0 aromatic carbocycles. The predicted octanol–water partition coefficient (Wildman–Crippen LogP) is 4.24. The molecular formula is C19H24N4OS2. The minimum absolute atomic E-state index is 0.0968. The lowest BCUT2D eigenvalue weighted by Gasteiger charge is -2.33. The van der Waals surface area contributed by atoms with Gasteiger partial charge >= 0.3 is 0 Å². The molecule has 7 heteroatoms. The molecule has 0 bridgehead atoms. The van der Waals surface area contributed by atoms with E-state index in [9.17, 15) is 10.1 Å². The molecule has 1 aliphatic carbocycles. The Bertz CT molecular complexity index is 854. The highest BCUT2D eigenvalue weighted by Crippen LogP contribution is 2.44. The number of carbonyl (C=O) groups excluding carboxylic acids is 1. The van der Waals surface area contributed by atoms with Crippen molar-refractivity contribution >= 4 is 34.0 Å². The van der Waals surface area contributed by atoms with Gasteiger partial charge in [0.15, 0.2) is 5.16 Å². The van der Waals surface area contributed by atoms with Crippen molar-refractivity contribution < 1.29 is 4.79 Å². The number of aromatic nitrogens is 2. The van der Waals surface area contributed by atoms with Crippen molar-refractivity contribution in [3.05, 3.63) is 28.4 Å². The van der Waals surface area contributed by atoms with E-state index in [2.05, 4.69) is 37.1 Å². The number of carbonyl (C=O) groups is 1. The van der Waals surface area contributed by atoms with Gasteiger partial charge < -0.3 is 9.88 Å². The molecule has 2 aromatic rings. The molecule has 5 nitrogen and oxygen atoms in total. The second kappa shape index (κ2) is 7.45. The van der Waals surface area contributed by atoms with Crippen LogP contribution in [-0.2, 0) is 24.7 Å². The Morgan fingerprint density at radius 1 is 1.54 bits per heavy atom. The molecule has 3 rings (SSSR count). The van der Waals surface area contributed by atoms with Gasteiger partial charge in [0.1, 0.15) is 11.1 Å². The fourth-order valence-electron chi connectivity index (χ4n) is 3.32. The third-order valence-electron chi connectivity index (χ3n) is 4.96. The quantitative estimate of drug-likeness (QED) is 0.796. The normalized spacial score (nSPS) is 16.8. The van der Waals surface area contributed by atoms with Crippen LogP contribution in [0.5, 0.6) is 0 Å². The molecule has 26 heavy (non-hydrogen) atoms. The van der Waals surface area contributed by atoms with Crippen LogP contribution in [0.15, 0.2) is 17.6 Å². The number of aryl methyl sites for hydroxylation is 1.